The molecule has 0 spiro atoms. The van der Waals surface area contributed by atoms with Crippen LogP contribution < -0.4 is 15.4 Å². The summed E-state index contributed by atoms with van der Waals surface area (Å²) in [4.78, 5) is 45.4. The molecular weight excluding hydrogens is 370 g/mol. The average Bonchev–Trinajstić information content (AvgIpc) is 2.70. The van der Waals surface area contributed by atoms with E-state index in [0.717, 1.165) is 0 Å². The van der Waals surface area contributed by atoms with E-state index in [1.54, 1.807) is 12.1 Å². The molecule has 0 saturated carbocycles. The van der Waals surface area contributed by atoms with Gasteiger partial charge in [-0.25, -0.2) is 0 Å². The van der Waals surface area contributed by atoms with Crippen molar-refractivity contribution in [1.29, 1.82) is 0 Å². The number of carbonyl (C=O) groups is 3. The number of methoxy groups -OCH3 is 1. The van der Waals surface area contributed by atoms with Gasteiger partial charge in [0.1, 0.15) is 12.3 Å². The van der Waals surface area contributed by atoms with Gasteiger partial charge in [0.05, 0.1) is 12.0 Å². The maximum absolute atomic E-state index is 11.9. The fourth-order valence-corrected chi connectivity index (χ4v) is 2.09. The van der Waals surface area contributed by atoms with Gasteiger partial charge in [-0.1, -0.05) is 6.07 Å². The predicted octanol–water partition coefficient (Wildman–Crippen LogP) is 1.52. The number of esters is 1. The van der Waals surface area contributed by atoms with Crippen LogP contribution in [-0.4, -0.2) is 43.0 Å². The van der Waals surface area contributed by atoms with Gasteiger partial charge in [0.15, 0.2) is 6.61 Å². The van der Waals surface area contributed by atoms with Gasteiger partial charge in [-0.15, -0.1) is 0 Å². The Morgan fingerprint density at radius 1 is 1.11 bits per heavy atom. The summed E-state index contributed by atoms with van der Waals surface area (Å²) in [5.41, 5.74) is 0.344. The van der Waals surface area contributed by atoms with E-state index in [-0.39, 0.29) is 11.4 Å². The zero-order valence-corrected chi connectivity index (χ0v) is 14.8. The highest BCUT2D eigenvalue weighted by Crippen LogP contribution is 2.16. The topological polar surface area (TPSA) is 137 Å². The molecule has 0 aliphatic rings. The number of anilines is 1. The lowest BCUT2D eigenvalue weighted by atomic mass is 10.2. The Kier molecular flexibility index (Phi) is 7.03. The smallest absolute Gasteiger partial charge is 0.325 e. The van der Waals surface area contributed by atoms with Crippen molar-refractivity contribution in [3.63, 3.8) is 0 Å². The van der Waals surface area contributed by atoms with E-state index >= 15 is 0 Å². The van der Waals surface area contributed by atoms with Crippen molar-refractivity contribution in [3.05, 3.63) is 64.2 Å². The standard InChI is InChI=1S/C18H17N3O7/c1-27-15-7-5-12(6-8-15)18(24)19-10-17(23)28-11-16(22)20-13-3-2-4-14(9-13)21(25)26/h2-9H,10-11H2,1H3,(H,19,24)(H,20,22). The number of nitrogens with zero attached hydrogens (tertiary/aromatic N) is 1. The van der Waals surface area contributed by atoms with E-state index in [9.17, 15) is 24.5 Å². The molecule has 28 heavy (non-hydrogen) atoms. The molecule has 0 radical (unpaired) electrons. The highest BCUT2D eigenvalue weighted by atomic mass is 16.6. The minimum Gasteiger partial charge on any atom is -0.497 e. The van der Waals surface area contributed by atoms with Gasteiger partial charge in [0.2, 0.25) is 0 Å². The number of hydrogen-bond acceptors (Lipinski definition) is 7. The van der Waals surface area contributed by atoms with E-state index in [2.05, 4.69) is 10.6 Å². The van der Waals surface area contributed by atoms with Crippen LogP contribution in [0.1, 0.15) is 10.4 Å². The van der Waals surface area contributed by atoms with Gasteiger partial charge in [0.25, 0.3) is 17.5 Å². The molecule has 0 aliphatic carbocycles. The number of rotatable bonds is 8. The minimum absolute atomic E-state index is 0.184. The number of ether oxygens (including phenoxy) is 2. The molecule has 10 heteroatoms. The van der Waals surface area contributed by atoms with Crippen LogP contribution in [0.2, 0.25) is 0 Å². The first-order valence-corrected chi connectivity index (χ1v) is 8.01. The minimum atomic E-state index is -0.809. The van der Waals surface area contributed by atoms with E-state index in [0.29, 0.717) is 11.3 Å². The molecule has 2 aromatic rings. The number of nitrogens with one attached hydrogen (secondary N) is 2. The van der Waals surface area contributed by atoms with Gasteiger partial charge in [0, 0.05) is 23.4 Å². The number of nitro benzene ring substituents is 1. The molecule has 0 saturated heterocycles. The van der Waals surface area contributed by atoms with Gasteiger partial charge in [-0.3, -0.25) is 24.5 Å². The number of carbonyl (C=O) groups excluding carboxylic acids is 3. The molecule has 2 amide bonds. The van der Waals surface area contributed by atoms with Crippen LogP contribution in [0.5, 0.6) is 5.75 Å². The lowest BCUT2D eigenvalue weighted by molar-refractivity contribution is -0.384. The van der Waals surface area contributed by atoms with Gasteiger partial charge in [-0.2, -0.15) is 0 Å². The summed E-state index contributed by atoms with van der Waals surface area (Å²) in [7, 11) is 1.50. The number of amides is 2. The maximum atomic E-state index is 11.9. The predicted molar refractivity (Wildman–Crippen MR) is 98.0 cm³/mol. The third-order valence-electron chi connectivity index (χ3n) is 3.45. The molecular formula is C18H17N3O7. The van der Waals surface area contributed by atoms with Crippen molar-refractivity contribution >= 4 is 29.2 Å². The molecule has 10 nitrogen and oxygen atoms in total. The monoisotopic (exact) mass is 387 g/mol. The highest BCUT2D eigenvalue weighted by Gasteiger charge is 2.12. The van der Waals surface area contributed by atoms with Crippen molar-refractivity contribution in [2.24, 2.45) is 0 Å². The molecule has 0 unspecified atom stereocenters. The van der Waals surface area contributed by atoms with Crippen molar-refractivity contribution in [1.82, 2.24) is 5.32 Å². The van der Waals surface area contributed by atoms with E-state index < -0.39 is 35.9 Å². The fourth-order valence-electron chi connectivity index (χ4n) is 2.09. The maximum Gasteiger partial charge on any atom is 0.325 e. The van der Waals surface area contributed by atoms with Crippen molar-refractivity contribution in [2.45, 2.75) is 0 Å². The molecule has 0 aromatic heterocycles. The van der Waals surface area contributed by atoms with Crippen molar-refractivity contribution in [3.8, 4) is 5.75 Å². The highest BCUT2D eigenvalue weighted by molar-refractivity contribution is 5.96. The first-order chi connectivity index (χ1) is 13.4. The zero-order valence-electron chi connectivity index (χ0n) is 14.8. The first kappa shape index (κ1) is 20.4. The Labute approximate surface area is 159 Å². The van der Waals surface area contributed by atoms with Crippen LogP contribution >= 0.6 is 0 Å². The van der Waals surface area contributed by atoms with Gasteiger partial charge >= 0.3 is 5.97 Å². The molecule has 0 heterocycles. The Hall–Kier alpha value is -3.95. The number of non-ortho nitro benzene ring substituents is 1. The normalized spacial score (nSPS) is 9.89. The Balaban J connectivity index is 1.75. The van der Waals surface area contributed by atoms with Crippen molar-refractivity contribution in [2.75, 3.05) is 25.6 Å². The van der Waals surface area contributed by atoms with Crippen LogP contribution in [-0.2, 0) is 14.3 Å². The summed E-state index contributed by atoms with van der Waals surface area (Å²) in [6.45, 7) is -1.02. The largest absolute Gasteiger partial charge is 0.497 e. The summed E-state index contributed by atoms with van der Waals surface area (Å²) >= 11 is 0. The third-order valence-corrected chi connectivity index (χ3v) is 3.45. The molecule has 0 atom stereocenters. The van der Waals surface area contributed by atoms with E-state index in [1.807, 2.05) is 0 Å². The van der Waals surface area contributed by atoms with Crippen LogP contribution in [0.25, 0.3) is 0 Å². The fraction of sp³-hybridized carbons (Fsp3) is 0.167. The molecule has 2 aromatic carbocycles. The van der Waals surface area contributed by atoms with E-state index in [1.165, 1.54) is 43.5 Å². The van der Waals surface area contributed by atoms with Crippen LogP contribution in [0, 0.1) is 10.1 Å². The third kappa shape index (κ3) is 6.09. The summed E-state index contributed by atoms with van der Waals surface area (Å²) < 4.78 is 9.74. The molecule has 2 rings (SSSR count). The lowest BCUT2D eigenvalue weighted by Crippen LogP contribution is -2.32. The first-order valence-electron chi connectivity index (χ1n) is 8.01. The molecule has 146 valence electrons. The second kappa shape index (κ2) is 9.67. The number of nitro groups is 1. The average molecular weight is 387 g/mol. The molecule has 0 fully saturated rings. The van der Waals surface area contributed by atoms with Crippen LogP contribution in [0.15, 0.2) is 48.5 Å². The second-order valence-electron chi connectivity index (χ2n) is 5.43. The molecule has 0 aliphatic heterocycles. The summed E-state index contributed by atoms with van der Waals surface area (Å²) in [5.74, 6) is -1.38. The van der Waals surface area contributed by atoms with Crippen LogP contribution in [0.4, 0.5) is 11.4 Å². The Morgan fingerprint density at radius 2 is 1.82 bits per heavy atom. The molecule has 0 bridgehead atoms. The zero-order chi connectivity index (χ0) is 20.5. The molecule has 2 N–H and O–H groups in total. The van der Waals surface area contributed by atoms with E-state index in [4.69, 9.17) is 9.47 Å². The van der Waals surface area contributed by atoms with Gasteiger partial charge < -0.3 is 20.1 Å². The number of benzene rings is 2. The Bertz CT molecular complexity index is 881. The van der Waals surface area contributed by atoms with Crippen molar-refractivity contribution < 1.29 is 28.8 Å². The summed E-state index contributed by atoms with van der Waals surface area (Å²) in [6.07, 6.45) is 0. The quantitative estimate of drug-likeness (QED) is 0.398. The Morgan fingerprint density at radius 3 is 2.46 bits per heavy atom. The SMILES string of the molecule is COc1ccc(C(=O)NCC(=O)OCC(=O)Nc2cccc([N+](=O)[O-])c2)cc1. The summed E-state index contributed by atoms with van der Waals surface area (Å²) in [6, 6.07) is 11.6. The lowest BCUT2D eigenvalue weighted by Gasteiger charge is -2.08. The summed E-state index contributed by atoms with van der Waals surface area (Å²) in [5, 5.41) is 15.4. The number of hydrogen-bond donors (Lipinski definition) is 2. The second-order valence-corrected chi connectivity index (χ2v) is 5.43. The van der Waals surface area contributed by atoms with Gasteiger partial charge in [-0.05, 0) is 30.3 Å². The van der Waals surface area contributed by atoms with Crippen LogP contribution in [0.3, 0.4) is 0 Å².